The van der Waals surface area contributed by atoms with Gasteiger partial charge in [-0.1, -0.05) is 0 Å². The zero-order valence-corrected chi connectivity index (χ0v) is 13.1. The molecule has 0 aliphatic carbocycles. The molecule has 0 radical (unpaired) electrons. The Labute approximate surface area is 124 Å². The summed E-state index contributed by atoms with van der Waals surface area (Å²) in [7, 11) is 1.81. The number of hydrogen-bond donors (Lipinski definition) is 3. The molecule has 2 aromatic rings. The van der Waals surface area contributed by atoms with Crippen LogP contribution in [0.2, 0.25) is 0 Å². The first kappa shape index (κ1) is 15.2. The highest BCUT2D eigenvalue weighted by Crippen LogP contribution is 2.24. The normalized spacial score (nSPS) is 11.5. The molecule has 0 unspecified atom stereocenters. The fraction of sp³-hybridized carbons (Fsp3) is 0.500. The van der Waals surface area contributed by atoms with Gasteiger partial charge in [0, 0.05) is 13.2 Å². The molecule has 0 bridgehead atoms. The van der Waals surface area contributed by atoms with Crippen LogP contribution in [-0.4, -0.2) is 37.5 Å². The molecule has 114 valence electrons. The van der Waals surface area contributed by atoms with E-state index in [1.54, 1.807) is 30.8 Å². The molecule has 2 aromatic heterocycles. The molecular weight excluding hydrogens is 268 g/mol. The third kappa shape index (κ3) is 3.69. The zero-order chi connectivity index (χ0) is 15.6. The molecule has 2 rings (SSSR count). The average molecular weight is 290 g/mol. The Kier molecular flexibility index (Phi) is 4.13. The molecule has 0 saturated heterocycles. The first-order chi connectivity index (χ1) is 9.80. The van der Waals surface area contributed by atoms with Gasteiger partial charge in [0.05, 0.1) is 29.2 Å². The van der Waals surface area contributed by atoms with E-state index in [4.69, 9.17) is 0 Å². The van der Waals surface area contributed by atoms with Crippen LogP contribution in [0, 0.1) is 13.8 Å². The first-order valence-corrected chi connectivity index (χ1v) is 6.84. The second kappa shape index (κ2) is 5.69. The SMILES string of the molecule is CNc1ccnc(Nc2c(C)nn(CC(C)(C)O)c2C)n1. The summed E-state index contributed by atoms with van der Waals surface area (Å²) in [4.78, 5) is 8.53. The van der Waals surface area contributed by atoms with E-state index in [0.717, 1.165) is 22.9 Å². The third-order valence-corrected chi connectivity index (χ3v) is 3.07. The van der Waals surface area contributed by atoms with Gasteiger partial charge in [0.1, 0.15) is 5.82 Å². The van der Waals surface area contributed by atoms with Crippen molar-refractivity contribution in [1.82, 2.24) is 19.7 Å². The van der Waals surface area contributed by atoms with Crippen LogP contribution in [0.4, 0.5) is 17.5 Å². The number of nitrogens with one attached hydrogen (secondary N) is 2. The molecule has 7 nitrogen and oxygen atoms in total. The lowest BCUT2D eigenvalue weighted by Gasteiger charge is -2.18. The minimum absolute atomic E-state index is 0.429. The van der Waals surface area contributed by atoms with E-state index in [-0.39, 0.29) is 0 Å². The Hall–Kier alpha value is -2.15. The minimum atomic E-state index is -0.816. The highest BCUT2D eigenvalue weighted by Gasteiger charge is 2.19. The molecule has 0 aliphatic heterocycles. The second-order valence-electron chi connectivity index (χ2n) is 5.66. The Bertz CT molecular complexity index is 629. The monoisotopic (exact) mass is 290 g/mol. The molecular formula is C14H22N6O. The predicted octanol–water partition coefficient (Wildman–Crippen LogP) is 1.85. The molecule has 0 fully saturated rings. The Morgan fingerprint density at radius 2 is 2.05 bits per heavy atom. The van der Waals surface area contributed by atoms with E-state index in [1.807, 2.05) is 20.9 Å². The number of hydrogen-bond acceptors (Lipinski definition) is 6. The smallest absolute Gasteiger partial charge is 0.229 e. The van der Waals surface area contributed by atoms with E-state index >= 15 is 0 Å². The van der Waals surface area contributed by atoms with Crippen LogP contribution in [0.5, 0.6) is 0 Å². The largest absolute Gasteiger partial charge is 0.389 e. The van der Waals surface area contributed by atoms with Gasteiger partial charge >= 0.3 is 0 Å². The van der Waals surface area contributed by atoms with Crippen molar-refractivity contribution in [3.8, 4) is 0 Å². The predicted molar refractivity (Wildman–Crippen MR) is 82.9 cm³/mol. The maximum atomic E-state index is 9.94. The topological polar surface area (TPSA) is 87.9 Å². The highest BCUT2D eigenvalue weighted by molar-refractivity contribution is 5.60. The quantitative estimate of drug-likeness (QED) is 0.779. The summed E-state index contributed by atoms with van der Waals surface area (Å²) in [6.45, 7) is 7.82. The third-order valence-electron chi connectivity index (χ3n) is 3.07. The molecule has 0 atom stereocenters. The Morgan fingerprint density at radius 1 is 1.33 bits per heavy atom. The molecule has 0 spiro atoms. The van der Waals surface area contributed by atoms with Crippen LogP contribution in [-0.2, 0) is 6.54 Å². The molecule has 0 saturated carbocycles. The number of rotatable bonds is 5. The van der Waals surface area contributed by atoms with E-state index < -0.39 is 5.60 Å². The van der Waals surface area contributed by atoms with Gasteiger partial charge in [0.25, 0.3) is 0 Å². The van der Waals surface area contributed by atoms with Gasteiger partial charge in [-0.15, -0.1) is 0 Å². The number of nitrogens with zero attached hydrogens (tertiary/aromatic N) is 4. The lowest BCUT2D eigenvalue weighted by molar-refractivity contribution is 0.0570. The van der Waals surface area contributed by atoms with Crippen LogP contribution in [0.1, 0.15) is 25.2 Å². The fourth-order valence-corrected chi connectivity index (χ4v) is 2.07. The van der Waals surface area contributed by atoms with Crippen molar-refractivity contribution in [3.05, 3.63) is 23.7 Å². The van der Waals surface area contributed by atoms with Crippen molar-refractivity contribution in [2.45, 2.75) is 39.8 Å². The standard InChI is InChI=1S/C14H22N6O/c1-9-12(10(2)20(19-9)8-14(3,4)21)18-13-16-7-6-11(15-5)17-13/h6-7,21H,8H2,1-5H3,(H2,15,16,17,18). The van der Waals surface area contributed by atoms with E-state index in [1.165, 1.54) is 0 Å². The number of aryl methyl sites for hydroxylation is 1. The Morgan fingerprint density at radius 3 is 2.67 bits per heavy atom. The summed E-state index contributed by atoms with van der Waals surface area (Å²) in [5.41, 5.74) is 1.83. The fourth-order valence-electron chi connectivity index (χ4n) is 2.07. The van der Waals surface area contributed by atoms with Crippen LogP contribution >= 0.6 is 0 Å². The summed E-state index contributed by atoms with van der Waals surface area (Å²) >= 11 is 0. The van der Waals surface area contributed by atoms with Crippen LogP contribution in [0.25, 0.3) is 0 Å². The summed E-state index contributed by atoms with van der Waals surface area (Å²) in [5, 5.41) is 20.6. The Balaban J connectivity index is 2.28. The first-order valence-electron chi connectivity index (χ1n) is 6.84. The lowest BCUT2D eigenvalue weighted by Crippen LogP contribution is -2.27. The lowest BCUT2D eigenvalue weighted by atomic mass is 10.1. The maximum absolute atomic E-state index is 9.94. The van der Waals surface area contributed by atoms with Crippen molar-refractivity contribution >= 4 is 17.5 Å². The molecule has 21 heavy (non-hydrogen) atoms. The second-order valence-corrected chi connectivity index (χ2v) is 5.66. The van der Waals surface area contributed by atoms with E-state index in [0.29, 0.717) is 12.5 Å². The molecule has 2 heterocycles. The molecule has 3 N–H and O–H groups in total. The molecule has 0 amide bonds. The van der Waals surface area contributed by atoms with Crippen molar-refractivity contribution in [1.29, 1.82) is 0 Å². The van der Waals surface area contributed by atoms with Gasteiger partial charge in [-0.25, -0.2) is 4.98 Å². The van der Waals surface area contributed by atoms with Crippen LogP contribution in [0.15, 0.2) is 12.3 Å². The summed E-state index contributed by atoms with van der Waals surface area (Å²) in [6.07, 6.45) is 1.69. The van der Waals surface area contributed by atoms with E-state index in [9.17, 15) is 5.11 Å². The van der Waals surface area contributed by atoms with Crippen molar-refractivity contribution in [3.63, 3.8) is 0 Å². The highest BCUT2D eigenvalue weighted by atomic mass is 16.3. The molecule has 0 aliphatic rings. The van der Waals surface area contributed by atoms with Gasteiger partial charge < -0.3 is 15.7 Å². The van der Waals surface area contributed by atoms with Gasteiger partial charge in [0.2, 0.25) is 5.95 Å². The van der Waals surface area contributed by atoms with Gasteiger partial charge in [-0.2, -0.15) is 10.1 Å². The molecule has 0 aromatic carbocycles. The van der Waals surface area contributed by atoms with Crippen LogP contribution in [0.3, 0.4) is 0 Å². The minimum Gasteiger partial charge on any atom is -0.389 e. The number of aromatic nitrogens is 4. The van der Waals surface area contributed by atoms with E-state index in [2.05, 4.69) is 25.7 Å². The number of aliphatic hydroxyl groups is 1. The average Bonchev–Trinajstić information content (AvgIpc) is 2.65. The zero-order valence-electron chi connectivity index (χ0n) is 13.1. The van der Waals surface area contributed by atoms with Crippen molar-refractivity contribution in [2.75, 3.05) is 17.7 Å². The molecule has 7 heteroatoms. The summed E-state index contributed by atoms with van der Waals surface area (Å²) < 4.78 is 1.79. The maximum Gasteiger partial charge on any atom is 0.229 e. The summed E-state index contributed by atoms with van der Waals surface area (Å²) in [6, 6.07) is 1.79. The van der Waals surface area contributed by atoms with Gasteiger partial charge in [-0.3, -0.25) is 4.68 Å². The number of anilines is 3. The van der Waals surface area contributed by atoms with Crippen molar-refractivity contribution < 1.29 is 5.11 Å². The van der Waals surface area contributed by atoms with Crippen LogP contribution < -0.4 is 10.6 Å². The van der Waals surface area contributed by atoms with Gasteiger partial charge in [0.15, 0.2) is 0 Å². The van der Waals surface area contributed by atoms with Gasteiger partial charge in [-0.05, 0) is 33.8 Å². The summed E-state index contributed by atoms with van der Waals surface area (Å²) in [5.74, 6) is 1.25. The van der Waals surface area contributed by atoms with Crippen molar-refractivity contribution in [2.24, 2.45) is 0 Å².